The molecule has 1 aliphatic heterocycles. The van der Waals surface area contributed by atoms with Gasteiger partial charge in [0.1, 0.15) is 0 Å². The zero-order chi connectivity index (χ0) is 16.0. The SMILES string of the molecule is CCN(CC)C(=O)CC(CN)N1CCN(C(C)(C)C)CC1. The van der Waals surface area contributed by atoms with Gasteiger partial charge in [0.05, 0.1) is 0 Å². The van der Waals surface area contributed by atoms with Gasteiger partial charge in [-0.2, -0.15) is 0 Å². The van der Waals surface area contributed by atoms with Crippen molar-refractivity contribution in [3.05, 3.63) is 0 Å². The molecule has 0 aromatic carbocycles. The van der Waals surface area contributed by atoms with Crippen molar-refractivity contribution >= 4 is 5.91 Å². The van der Waals surface area contributed by atoms with Gasteiger partial charge in [-0.05, 0) is 34.6 Å². The van der Waals surface area contributed by atoms with Crippen LogP contribution in [-0.2, 0) is 4.79 Å². The monoisotopic (exact) mass is 298 g/mol. The third-order valence-corrected chi connectivity index (χ3v) is 4.58. The minimum absolute atomic E-state index is 0.181. The first-order valence-electron chi connectivity index (χ1n) is 8.30. The Balaban J connectivity index is 2.53. The van der Waals surface area contributed by atoms with Gasteiger partial charge in [0.2, 0.25) is 5.91 Å². The fraction of sp³-hybridized carbons (Fsp3) is 0.938. The van der Waals surface area contributed by atoms with E-state index < -0.39 is 0 Å². The van der Waals surface area contributed by atoms with Gasteiger partial charge in [-0.15, -0.1) is 0 Å². The highest BCUT2D eigenvalue weighted by molar-refractivity contribution is 5.76. The molecule has 1 saturated heterocycles. The van der Waals surface area contributed by atoms with Crippen LogP contribution in [0.3, 0.4) is 0 Å². The molecule has 1 atom stereocenters. The molecule has 1 unspecified atom stereocenters. The van der Waals surface area contributed by atoms with E-state index in [4.69, 9.17) is 5.73 Å². The highest BCUT2D eigenvalue weighted by atomic mass is 16.2. The zero-order valence-corrected chi connectivity index (χ0v) is 14.6. The standard InChI is InChI=1S/C16H34N4O/c1-6-18(7-2)15(21)12-14(13-17)19-8-10-20(11-9-19)16(3,4)5/h14H,6-13,17H2,1-5H3. The summed E-state index contributed by atoms with van der Waals surface area (Å²) in [5.74, 6) is 0.230. The van der Waals surface area contributed by atoms with Crippen molar-refractivity contribution < 1.29 is 4.79 Å². The van der Waals surface area contributed by atoms with Crippen molar-refractivity contribution in [1.29, 1.82) is 0 Å². The van der Waals surface area contributed by atoms with Crippen molar-refractivity contribution in [2.24, 2.45) is 5.73 Å². The third kappa shape index (κ3) is 5.24. The lowest BCUT2D eigenvalue weighted by Crippen LogP contribution is -2.57. The number of amides is 1. The Labute approximate surface area is 130 Å². The molecule has 1 amide bonds. The molecule has 0 aromatic heterocycles. The number of rotatable bonds is 6. The molecule has 0 saturated carbocycles. The second kappa shape index (κ2) is 8.11. The van der Waals surface area contributed by atoms with Crippen LogP contribution >= 0.6 is 0 Å². The van der Waals surface area contributed by atoms with E-state index in [-0.39, 0.29) is 17.5 Å². The van der Waals surface area contributed by atoms with Crippen LogP contribution in [0.1, 0.15) is 41.0 Å². The summed E-state index contributed by atoms with van der Waals surface area (Å²) >= 11 is 0. The Bertz CT molecular complexity index is 315. The lowest BCUT2D eigenvalue weighted by Gasteiger charge is -2.44. The van der Waals surface area contributed by atoms with Crippen LogP contribution < -0.4 is 5.73 Å². The number of nitrogens with two attached hydrogens (primary N) is 1. The van der Waals surface area contributed by atoms with E-state index in [9.17, 15) is 4.79 Å². The highest BCUT2D eigenvalue weighted by Crippen LogP contribution is 2.18. The molecule has 21 heavy (non-hydrogen) atoms. The van der Waals surface area contributed by atoms with Crippen LogP contribution in [0, 0.1) is 0 Å². The first kappa shape index (κ1) is 18.4. The molecule has 2 N–H and O–H groups in total. The summed E-state index contributed by atoms with van der Waals surface area (Å²) in [5.41, 5.74) is 6.15. The number of nitrogens with zero attached hydrogens (tertiary/aromatic N) is 3. The molecule has 0 aliphatic carbocycles. The Hall–Kier alpha value is -0.650. The van der Waals surface area contributed by atoms with Crippen molar-refractivity contribution in [3.63, 3.8) is 0 Å². The average molecular weight is 298 g/mol. The van der Waals surface area contributed by atoms with Crippen LogP contribution in [0.2, 0.25) is 0 Å². The van der Waals surface area contributed by atoms with Crippen molar-refractivity contribution in [3.8, 4) is 0 Å². The molecular formula is C16H34N4O. The minimum atomic E-state index is 0.181. The van der Waals surface area contributed by atoms with Gasteiger partial charge in [-0.25, -0.2) is 0 Å². The van der Waals surface area contributed by atoms with E-state index in [1.54, 1.807) is 0 Å². The summed E-state index contributed by atoms with van der Waals surface area (Å²) in [7, 11) is 0. The largest absolute Gasteiger partial charge is 0.343 e. The van der Waals surface area contributed by atoms with Crippen molar-refractivity contribution in [2.75, 3.05) is 45.8 Å². The minimum Gasteiger partial charge on any atom is -0.343 e. The third-order valence-electron chi connectivity index (χ3n) is 4.58. The molecule has 1 rings (SSSR count). The lowest BCUT2D eigenvalue weighted by atomic mass is 10.0. The van der Waals surface area contributed by atoms with Crippen LogP contribution in [0.5, 0.6) is 0 Å². The number of hydrogen-bond donors (Lipinski definition) is 1. The van der Waals surface area contributed by atoms with Crippen LogP contribution in [-0.4, -0.2) is 78.0 Å². The number of carbonyl (C=O) groups is 1. The van der Waals surface area contributed by atoms with Gasteiger partial charge in [-0.3, -0.25) is 14.6 Å². The second-order valence-electron chi connectivity index (χ2n) is 6.85. The Morgan fingerprint density at radius 2 is 1.67 bits per heavy atom. The predicted octanol–water partition coefficient (Wildman–Crippen LogP) is 0.988. The second-order valence-corrected chi connectivity index (χ2v) is 6.85. The predicted molar refractivity (Wildman–Crippen MR) is 88.3 cm³/mol. The van der Waals surface area contributed by atoms with Gasteiger partial charge in [0, 0.05) is 63.8 Å². The highest BCUT2D eigenvalue weighted by Gasteiger charge is 2.29. The summed E-state index contributed by atoms with van der Waals surface area (Å²) < 4.78 is 0. The van der Waals surface area contributed by atoms with Gasteiger partial charge in [0.25, 0.3) is 0 Å². The maximum Gasteiger partial charge on any atom is 0.224 e. The van der Waals surface area contributed by atoms with Crippen LogP contribution in [0.25, 0.3) is 0 Å². The number of hydrogen-bond acceptors (Lipinski definition) is 4. The zero-order valence-electron chi connectivity index (χ0n) is 14.6. The summed E-state index contributed by atoms with van der Waals surface area (Å²) in [6.45, 7) is 17.1. The maximum absolute atomic E-state index is 12.3. The van der Waals surface area contributed by atoms with E-state index in [1.165, 1.54) is 0 Å². The Kier molecular flexibility index (Phi) is 7.10. The molecule has 1 fully saturated rings. The van der Waals surface area contributed by atoms with Gasteiger partial charge in [0.15, 0.2) is 0 Å². The lowest BCUT2D eigenvalue weighted by molar-refractivity contribution is -0.132. The molecule has 0 spiro atoms. The Morgan fingerprint density at radius 1 is 1.14 bits per heavy atom. The van der Waals surface area contributed by atoms with E-state index >= 15 is 0 Å². The van der Waals surface area contributed by atoms with E-state index in [1.807, 2.05) is 18.7 Å². The molecular weight excluding hydrogens is 264 g/mol. The molecule has 1 aliphatic rings. The quantitative estimate of drug-likeness (QED) is 0.794. The summed E-state index contributed by atoms with van der Waals surface area (Å²) in [6.07, 6.45) is 0.549. The van der Waals surface area contributed by atoms with E-state index in [0.29, 0.717) is 13.0 Å². The molecule has 5 heteroatoms. The molecule has 124 valence electrons. The summed E-state index contributed by atoms with van der Waals surface area (Å²) in [5, 5.41) is 0. The smallest absolute Gasteiger partial charge is 0.224 e. The van der Waals surface area contributed by atoms with Crippen molar-refractivity contribution in [2.45, 2.75) is 52.6 Å². The normalized spacial score (nSPS) is 19.5. The van der Waals surface area contributed by atoms with Gasteiger partial charge in [-0.1, -0.05) is 0 Å². The topological polar surface area (TPSA) is 52.8 Å². The fourth-order valence-electron chi connectivity index (χ4n) is 3.03. The fourth-order valence-corrected chi connectivity index (χ4v) is 3.03. The van der Waals surface area contributed by atoms with Crippen molar-refractivity contribution in [1.82, 2.24) is 14.7 Å². The molecule has 5 nitrogen and oxygen atoms in total. The van der Waals surface area contributed by atoms with Crippen LogP contribution in [0.15, 0.2) is 0 Å². The van der Waals surface area contributed by atoms with Gasteiger partial charge < -0.3 is 10.6 Å². The molecule has 0 radical (unpaired) electrons. The molecule has 1 heterocycles. The maximum atomic E-state index is 12.3. The first-order chi connectivity index (χ1) is 9.83. The first-order valence-corrected chi connectivity index (χ1v) is 8.30. The van der Waals surface area contributed by atoms with Gasteiger partial charge >= 0.3 is 0 Å². The average Bonchev–Trinajstić information content (AvgIpc) is 2.45. The summed E-state index contributed by atoms with van der Waals surface area (Å²) in [6, 6.07) is 0.181. The number of carbonyl (C=O) groups excluding carboxylic acids is 1. The van der Waals surface area contributed by atoms with Crippen LogP contribution in [0.4, 0.5) is 0 Å². The van der Waals surface area contributed by atoms with E-state index in [2.05, 4.69) is 30.6 Å². The number of piperazine rings is 1. The summed E-state index contributed by atoms with van der Waals surface area (Å²) in [4.78, 5) is 19.1. The Morgan fingerprint density at radius 3 is 2.05 bits per heavy atom. The molecule has 0 bridgehead atoms. The molecule has 0 aromatic rings. The van der Waals surface area contributed by atoms with E-state index in [0.717, 1.165) is 39.3 Å².